The Balaban J connectivity index is 2.02. The average molecular weight is 336 g/mol. The molecule has 0 spiro atoms. The number of nitrogens with one attached hydrogen (secondary N) is 1. The van der Waals surface area contributed by atoms with Crippen LogP contribution in [-0.4, -0.2) is 12.1 Å². The van der Waals surface area contributed by atoms with Crippen LogP contribution >= 0.6 is 15.9 Å². The number of benzene rings is 2. The second kappa shape index (κ2) is 6.29. The van der Waals surface area contributed by atoms with Gasteiger partial charge in [-0.15, -0.1) is 0 Å². The summed E-state index contributed by atoms with van der Waals surface area (Å²) in [5.74, 6) is -0.816. The van der Waals surface area contributed by atoms with Crippen molar-refractivity contribution in [1.82, 2.24) is 5.43 Å². The van der Waals surface area contributed by atoms with E-state index in [2.05, 4.69) is 26.5 Å². The standard InChI is InChI=1S/C14H11BrFN3O/c15-11-4-1-10(13(16)7-11)8-18-19-14(20)9-2-5-12(17)6-3-9/h1-8H,17H2,(H,19,20)/b18-8-. The fourth-order valence-corrected chi connectivity index (χ4v) is 1.80. The van der Waals surface area contributed by atoms with Crippen LogP contribution in [0.5, 0.6) is 0 Å². The van der Waals surface area contributed by atoms with Gasteiger partial charge in [-0.1, -0.05) is 15.9 Å². The molecule has 0 saturated heterocycles. The Morgan fingerprint density at radius 3 is 2.60 bits per heavy atom. The van der Waals surface area contributed by atoms with Crippen LogP contribution < -0.4 is 11.2 Å². The van der Waals surface area contributed by atoms with Crippen molar-refractivity contribution in [3.8, 4) is 0 Å². The molecule has 0 aliphatic heterocycles. The van der Waals surface area contributed by atoms with Crippen molar-refractivity contribution in [2.75, 3.05) is 5.73 Å². The molecule has 0 saturated carbocycles. The number of nitrogens with two attached hydrogens (primary N) is 1. The predicted octanol–water partition coefficient (Wildman–Crippen LogP) is 2.93. The van der Waals surface area contributed by atoms with Crippen molar-refractivity contribution >= 4 is 33.7 Å². The molecule has 0 unspecified atom stereocenters. The van der Waals surface area contributed by atoms with Gasteiger partial charge in [0.25, 0.3) is 5.91 Å². The molecule has 0 radical (unpaired) electrons. The minimum Gasteiger partial charge on any atom is -0.399 e. The Bertz CT molecular complexity index is 656. The molecule has 2 aromatic carbocycles. The summed E-state index contributed by atoms with van der Waals surface area (Å²) in [6.45, 7) is 0. The number of nitrogens with zero attached hydrogens (tertiary/aromatic N) is 1. The largest absolute Gasteiger partial charge is 0.399 e. The summed E-state index contributed by atoms with van der Waals surface area (Å²) in [7, 11) is 0. The van der Waals surface area contributed by atoms with Crippen LogP contribution in [0, 0.1) is 5.82 Å². The zero-order valence-corrected chi connectivity index (χ0v) is 11.9. The average Bonchev–Trinajstić information content (AvgIpc) is 2.42. The molecule has 0 fully saturated rings. The van der Waals surface area contributed by atoms with Crippen LogP contribution in [-0.2, 0) is 0 Å². The fourth-order valence-electron chi connectivity index (χ4n) is 1.47. The first kappa shape index (κ1) is 14.2. The topological polar surface area (TPSA) is 67.5 Å². The molecule has 2 rings (SSSR count). The number of anilines is 1. The monoisotopic (exact) mass is 335 g/mol. The lowest BCUT2D eigenvalue weighted by Crippen LogP contribution is -2.17. The normalized spacial score (nSPS) is 10.7. The van der Waals surface area contributed by atoms with Gasteiger partial charge in [0.05, 0.1) is 6.21 Å². The molecule has 0 bridgehead atoms. The predicted molar refractivity (Wildman–Crippen MR) is 80.0 cm³/mol. The molecule has 0 heterocycles. The first-order chi connectivity index (χ1) is 9.56. The maximum atomic E-state index is 13.5. The highest BCUT2D eigenvalue weighted by Crippen LogP contribution is 2.13. The summed E-state index contributed by atoms with van der Waals surface area (Å²) in [5.41, 5.74) is 9.12. The molecular formula is C14H11BrFN3O. The first-order valence-electron chi connectivity index (χ1n) is 5.70. The molecule has 3 N–H and O–H groups in total. The molecule has 0 aliphatic carbocycles. The molecule has 20 heavy (non-hydrogen) atoms. The summed E-state index contributed by atoms with van der Waals surface area (Å²) in [5, 5.41) is 3.72. The number of hydrogen-bond donors (Lipinski definition) is 2. The minimum atomic E-state index is -0.426. The van der Waals surface area contributed by atoms with Gasteiger partial charge in [-0.05, 0) is 42.5 Å². The number of rotatable bonds is 3. The highest BCUT2D eigenvalue weighted by molar-refractivity contribution is 9.10. The molecule has 6 heteroatoms. The van der Waals surface area contributed by atoms with Gasteiger partial charge in [0.2, 0.25) is 0 Å². The molecule has 0 aliphatic rings. The van der Waals surface area contributed by atoms with Gasteiger partial charge in [-0.2, -0.15) is 5.10 Å². The fraction of sp³-hybridized carbons (Fsp3) is 0. The zero-order chi connectivity index (χ0) is 14.5. The maximum absolute atomic E-state index is 13.5. The summed E-state index contributed by atoms with van der Waals surface area (Å²) in [6.07, 6.45) is 1.25. The van der Waals surface area contributed by atoms with Gasteiger partial charge < -0.3 is 5.73 Å². The van der Waals surface area contributed by atoms with Gasteiger partial charge in [-0.25, -0.2) is 9.82 Å². The second-order valence-electron chi connectivity index (χ2n) is 3.99. The van der Waals surface area contributed by atoms with Crippen molar-refractivity contribution in [2.24, 2.45) is 5.10 Å². The highest BCUT2D eigenvalue weighted by Gasteiger charge is 2.03. The van der Waals surface area contributed by atoms with Gasteiger partial charge in [0.1, 0.15) is 5.82 Å². The highest BCUT2D eigenvalue weighted by atomic mass is 79.9. The minimum absolute atomic E-state index is 0.283. The summed E-state index contributed by atoms with van der Waals surface area (Å²) >= 11 is 3.16. The molecular weight excluding hydrogens is 325 g/mol. The Kier molecular flexibility index (Phi) is 4.47. The van der Waals surface area contributed by atoms with Gasteiger partial charge in [0.15, 0.2) is 0 Å². The number of carbonyl (C=O) groups is 1. The van der Waals surface area contributed by atoms with E-state index in [1.807, 2.05) is 0 Å². The molecule has 102 valence electrons. The van der Waals surface area contributed by atoms with Crippen molar-refractivity contribution in [3.05, 3.63) is 63.9 Å². The first-order valence-corrected chi connectivity index (χ1v) is 6.49. The smallest absolute Gasteiger partial charge is 0.271 e. The Morgan fingerprint density at radius 1 is 1.25 bits per heavy atom. The van der Waals surface area contributed by atoms with E-state index >= 15 is 0 Å². The molecule has 0 aromatic heterocycles. The number of hydrogen-bond acceptors (Lipinski definition) is 3. The third-order valence-corrected chi connectivity index (χ3v) is 3.00. The van der Waals surface area contributed by atoms with Crippen LogP contribution in [0.1, 0.15) is 15.9 Å². The Labute approximate surface area is 123 Å². The van der Waals surface area contributed by atoms with Crippen molar-refractivity contribution in [1.29, 1.82) is 0 Å². The maximum Gasteiger partial charge on any atom is 0.271 e. The molecule has 2 aromatic rings. The van der Waals surface area contributed by atoms with Crippen molar-refractivity contribution < 1.29 is 9.18 Å². The number of hydrazone groups is 1. The third kappa shape index (κ3) is 3.64. The van der Waals surface area contributed by atoms with E-state index in [9.17, 15) is 9.18 Å². The van der Waals surface area contributed by atoms with Crippen LogP contribution in [0.15, 0.2) is 52.0 Å². The Morgan fingerprint density at radius 2 is 1.95 bits per heavy atom. The van der Waals surface area contributed by atoms with Crippen LogP contribution in [0.3, 0.4) is 0 Å². The summed E-state index contributed by atoms with van der Waals surface area (Å²) < 4.78 is 14.1. The van der Waals surface area contributed by atoms with E-state index in [0.717, 1.165) is 0 Å². The van der Waals surface area contributed by atoms with E-state index in [1.54, 1.807) is 36.4 Å². The number of carbonyl (C=O) groups excluding carboxylic acids is 1. The van der Waals surface area contributed by atoms with E-state index in [-0.39, 0.29) is 5.56 Å². The second-order valence-corrected chi connectivity index (χ2v) is 4.90. The van der Waals surface area contributed by atoms with E-state index in [1.165, 1.54) is 12.3 Å². The van der Waals surface area contributed by atoms with E-state index in [0.29, 0.717) is 15.7 Å². The third-order valence-electron chi connectivity index (χ3n) is 2.51. The van der Waals surface area contributed by atoms with Crippen LogP contribution in [0.25, 0.3) is 0 Å². The van der Waals surface area contributed by atoms with Crippen LogP contribution in [0.2, 0.25) is 0 Å². The Hall–Kier alpha value is -2.21. The quantitative estimate of drug-likeness (QED) is 0.514. The van der Waals surface area contributed by atoms with Crippen LogP contribution in [0.4, 0.5) is 10.1 Å². The van der Waals surface area contributed by atoms with Crippen molar-refractivity contribution in [3.63, 3.8) is 0 Å². The summed E-state index contributed by atoms with van der Waals surface area (Å²) in [6, 6.07) is 11.0. The van der Waals surface area contributed by atoms with Gasteiger partial charge >= 0.3 is 0 Å². The zero-order valence-electron chi connectivity index (χ0n) is 10.3. The number of halogens is 2. The lowest BCUT2D eigenvalue weighted by Gasteiger charge is -2.01. The lowest BCUT2D eigenvalue weighted by molar-refractivity contribution is 0.0955. The van der Waals surface area contributed by atoms with Crippen molar-refractivity contribution in [2.45, 2.75) is 0 Å². The van der Waals surface area contributed by atoms with Gasteiger partial charge in [-0.3, -0.25) is 4.79 Å². The van der Waals surface area contributed by atoms with E-state index in [4.69, 9.17) is 5.73 Å². The molecule has 0 atom stereocenters. The summed E-state index contributed by atoms with van der Waals surface area (Å²) in [4.78, 5) is 11.7. The molecule has 1 amide bonds. The number of amides is 1. The SMILES string of the molecule is Nc1ccc(C(=O)N/N=C\c2ccc(Br)cc2F)cc1. The van der Waals surface area contributed by atoms with Gasteiger partial charge in [0, 0.05) is 21.3 Å². The number of nitrogen functional groups attached to an aromatic ring is 1. The van der Waals surface area contributed by atoms with E-state index < -0.39 is 11.7 Å². The lowest BCUT2D eigenvalue weighted by atomic mass is 10.2. The molecule has 4 nitrogen and oxygen atoms in total.